The molecule has 8 heteroatoms. The number of hydrogen-bond acceptors (Lipinski definition) is 5. The van der Waals surface area contributed by atoms with Crippen molar-refractivity contribution in [2.75, 3.05) is 13.2 Å². The van der Waals surface area contributed by atoms with Crippen molar-refractivity contribution in [3.63, 3.8) is 0 Å². The molecule has 1 N–H and O–H groups in total. The summed E-state index contributed by atoms with van der Waals surface area (Å²) >= 11 is 0. The maximum Gasteiger partial charge on any atom is 0.276 e. The SMILES string of the molecule is CCOc1ccc(/C=N/NS(=O)(=O)c2ccc(F)cc2)cc1OCC. The summed E-state index contributed by atoms with van der Waals surface area (Å²) in [7, 11) is -3.85. The van der Waals surface area contributed by atoms with E-state index < -0.39 is 15.8 Å². The third-order valence-electron chi connectivity index (χ3n) is 3.08. The largest absolute Gasteiger partial charge is 0.490 e. The molecule has 2 aromatic carbocycles. The van der Waals surface area contributed by atoms with Crippen LogP contribution in [0.5, 0.6) is 11.5 Å². The Morgan fingerprint density at radius 3 is 2.32 bits per heavy atom. The Morgan fingerprint density at radius 1 is 1.04 bits per heavy atom. The van der Waals surface area contributed by atoms with Crippen LogP contribution >= 0.6 is 0 Å². The van der Waals surface area contributed by atoms with Crippen LogP contribution in [0.25, 0.3) is 0 Å². The van der Waals surface area contributed by atoms with Crippen LogP contribution < -0.4 is 14.3 Å². The van der Waals surface area contributed by atoms with Crippen molar-refractivity contribution >= 4 is 16.2 Å². The summed E-state index contributed by atoms with van der Waals surface area (Å²) in [6.07, 6.45) is 1.35. The van der Waals surface area contributed by atoms with Crippen LogP contribution in [-0.4, -0.2) is 27.8 Å². The van der Waals surface area contributed by atoms with E-state index in [2.05, 4.69) is 9.93 Å². The Balaban J connectivity index is 2.13. The van der Waals surface area contributed by atoms with Crippen molar-refractivity contribution in [3.8, 4) is 11.5 Å². The fourth-order valence-electron chi connectivity index (χ4n) is 1.98. The lowest BCUT2D eigenvalue weighted by molar-refractivity contribution is 0.288. The molecule has 2 aromatic rings. The zero-order chi connectivity index (χ0) is 18.3. The minimum absolute atomic E-state index is 0.0762. The summed E-state index contributed by atoms with van der Waals surface area (Å²) in [5.41, 5.74) is 0.633. The van der Waals surface area contributed by atoms with Crippen LogP contribution in [0.3, 0.4) is 0 Å². The fourth-order valence-corrected chi connectivity index (χ4v) is 2.78. The molecule has 0 amide bonds. The van der Waals surface area contributed by atoms with Gasteiger partial charge in [0.15, 0.2) is 11.5 Å². The second-order valence-electron chi connectivity index (χ2n) is 4.88. The van der Waals surface area contributed by atoms with E-state index in [0.29, 0.717) is 30.3 Å². The van der Waals surface area contributed by atoms with E-state index in [0.717, 1.165) is 24.3 Å². The lowest BCUT2D eigenvalue weighted by Gasteiger charge is -2.11. The van der Waals surface area contributed by atoms with E-state index in [4.69, 9.17) is 9.47 Å². The van der Waals surface area contributed by atoms with Crippen LogP contribution in [0.2, 0.25) is 0 Å². The number of ether oxygens (including phenoxy) is 2. The predicted octanol–water partition coefficient (Wildman–Crippen LogP) is 2.94. The van der Waals surface area contributed by atoms with Gasteiger partial charge in [0.1, 0.15) is 5.82 Å². The number of halogens is 1. The molecule has 6 nitrogen and oxygen atoms in total. The highest BCUT2D eigenvalue weighted by atomic mass is 32.2. The Labute approximate surface area is 146 Å². The highest BCUT2D eigenvalue weighted by Gasteiger charge is 2.12. The first-order valence-corrected chi connectivity index (χ1v) is 9.14. The van der Waals surface area contributed by atoms with Gasteiger partial charge < -0.3 is 9.47 Å². The third-order valence-corrected chi connectivity index (χ3v) is 4.32. The van der Waals surface area contributed by atoms with Gasteiger partial charge in [-0.2, -0.15) is 13.5 Å². The minimum Gasteiger partial charge on any atom is -0.490 e. The summed E-state index contributed by atoms with van der Waals surface area (Å²) in [6, 6.07) is 9.62. The fraction of sp³-hybridized carbons (Fsp3) is 0.235. The van der Waals surface area contributed by atoms with E-state index >= 15 is 0 Å². The van der Waals surface area contributed by atoms with E-state index in [1.54, 1.807) is 18.2 Å². The molecule has 0 saturated carbocycles. The molecule has 0 unspecified atom stereocenters. The molecule has 0 heterocycles. The number of benzene rings is 2. The molecule has 0 bridgehead atoms. The van der Waals surface area contributed by atoms with Crippen LogP contribution in [0.1, 0.15) is 19.4 Å². The highest BCUT2D eigenvalue weighted by Crippen LogP contribution is 2.28. The second kappa shape index (κ2) is 8.48. The number of nitrogens with one attached hydrogen (secondary N) is 1. The molecule has 0 aliphatic carbocycles. The second-order valence-corrected chi connectivity index (χ2v) is 6.54. The number of sulfonamides is 1. The summed E-state index contributed by atoms with van der Waals surface area (Å²) < 4.78 is 47.9. The molecule has 25 heavy (non-hydrogen) atoms. The Morgan fingerprint density at radius 2 is 1.68 bits per heavy atom. The van der Waals surface area contributed by atoms with Crippen molar-refractivity contribution in [1.82, 2.24) is 4.83 Å². The van der Waals surface area contributed by atoms with Gasteiger partial charge in [-0.1, -0.05) is 0 Å². The maximum absolute atomic E-state index is 12.9. The molecular formula is C17H19FN2O4S. The zero-order valence-electron chi connectivity index (χ0n) is 13.9. The van der Waals surface area contributed by atoms with Crippen LogP contribution in [0.15, 0.2) is 52.5 Å². The van der Waals surface area contributed by atoms with Gasteiger partial charge in [-0.15, -0.1) is 0 Å². The molecular weight excluding hydrogens is 347 g/mol. The molecule has 0 radical (unpaired) electrons. The Kier molecular flexibility index (Phi) is 6.35. The van der Waals surface area contributed by atoms with Gasteiger partial charge in [-0.25, -0.2) is 9.22 Å². The minimum atomic E-state index is -3.85. The normalized spacial score (nSPS) is 11.5. The monoisotopic (exact) mass is 366 g/mol. The lowest BCUT2D eigenvalue weighted by Crippen LogP contribution is -2.18. The van der Waals surface area contributed by atoms with E-state index in [1.165, 1.54) is 6.21 Å². The summed E-state index contributed by atoms with van der Waals surface area (Å²) in [5, 5.41) is 3.74. The molecule has 134 valence electrons. The molecule has 0 aliphatic heterocycles. The van der Waals surface area contributed by atoms with E-state index in [9.17, 15) is 12.8 Å². The predicted molar refractivity (Wildman–Crippen MR) is 93.1 cm³/mol. The molecule has 0 saturated heterocycles. The van der Waals surface area contributed by atoms with Crippen LogP contribution in [0, 0.1) is 5.82 Å². The number of hydrazone groups is 1. The van der Waals surface area contributed by atoms with Gasteiger partial charge in [0.05, 0.1) is 24.3 Å². The third kappa shape index (κ3) is 5.18. The molecule has 2 rings (SSSR count). The summed E-state index contributed by atoms with van der Waals surface area (Å²) in [4.78, 5) is 2.01. The summed E-state index contributed by atoms with van der Waals surface area (Å²) in [6.45, 7) is 4.70. The highest BCUT2D eigenvalue weighted by molar-refractivity contribution is 7.89. The Bertz CT molecular complexity index is 836. The van der Waals surface area contributed by atoms with Gasteiger partial charge in [0, 0.05) is 0 Å². The van der Waals surface area contributed by atoms with Crippen molar-refractivity contribution in [2.45, 2.75) is 18.7 Å². The number of rotatable bonds is 8. The Hall–Kier alpha value is -2.61. The average Bonchev–Trinajstić information content (AvgIpc) is 2.58. The molecule has 0 aliphatic rings. The van der Waals surface area contributed by atoms with Gasteiger partial charge in [0.2, 0.25) is 0 Å². The van der Waals surface area contributed by atoms with E-state index in [-0.39, 0.29) is 4.90 Å². The van der Waals surface area contributed by atoms with Crippen molar-refractivity contribution in [1.29, 1.82) is 0 Å². The standard InChI is InChI=1S/C17H19FN2O4S/c1-3-23-16-10-5-13(11-17(16)24-4-2)12-19-20-25(21,22)15-8-6-14(18)7-9-15/h5-12,20H,3-4H2,1-2H3/b19-12+. The molecule has 0 spiro atoms. The smallest absolute Gasteiger partial charge is 0.276 e. The first-order valence-electron chi connectivity index (χ1n) is 7.66. The van der Waals surface area contributed by atoms with Crippen LogP contribution in [0.4, 0.5) is 4.39 Å². The summed E-state index contributed by atoms with van der Waals surface area (Å²) in [5.74, 6) is 0.642. The molecule has 0 aromatic heterocycles. The topological polar surface area (TPSA) is 77.0 Å². The van der Waals surface area contributed by atoms with Gasteiger partial charge in [0.25, 0.3) is 10.0 Å². The first-order chi connectivity index (χ1) is 12.0. The van der Waals surface area contributed by atoms with Crippen molar-refractivity contribution in [3.05, 3.63) is 53.8 Å². The quantitative estimate of drug-likeness (QED) is 0.576. The zero-order valence-corrected chi connectivity index (χ0v) is 14.7. The van der Waals surface area contributed by atoms with Crippen molar-refractivity contribution < 1.29 is 22.3 Å². The van der Waals surface area contributed by atoms with Gasteiger partial charge >= 0.3 is 0 Å². The number of hydrogen-bond donors (Lipinski definition) is 1. The average molecular weight is 366 g/mol. The maximum atomic E-state index is 12.9. The van der Waals surface area contributed by atoms with Gasteiger partial charge in [-0.05, 0) is 61.9 Å². The van der Waals surface area contributed by atoms with Gasteiger partial charge in [-0.3, -0.25) is 0 Å². The van der Waals surface area contributed by atoms with Crippen LogP contribution in [-0.2, 0) is 10.0 Å². The van der Waals surface area contributed by atoms with E-state index in [1.807, 2.05) is 13.8 Å². The molecule has 0 fully saturated rings. The number of nitrogens with zero attached hydrogens (tertiary/aromatic N) is 1. The first kappa shape index (κ1) is 18.7. The lowest BCUT2D eigenvalue weighted by atomic mass is 10.2. The van der Waals surface area contributed by atoms with Crippen molar-refractivity contribution in [2.24, 2.45) is 5.10 Å². The molecule has 0 atom stereocenters.